The van der Waals surface area contributed by atoms with E-state index in [4.69, 9.17) is 4.74 Å². The van der Waals surface area contributed by atoms with E-state index in [2.05, 4.69) is 14.9 Å². The number of amides is 1. The number of carbonyl (C=O) groups is 1. The summed E-state index contributed by atoms with van der Waals surface area (Å²) in [6.07, 6.45) is 8.11. The quantitative estimate of drug-likeness (QED) is 0.927. The maximum Gasteiger partial charge on any atom is 0.409 e. The van der Waals surface area contributed by atoms with E-state index in [9.17, 15) is 4.79 Å². The van der Waals surface area contributed by atoms with Crippen LogP contribution in [-0.2, 0) is 4.74 Å². The van der Waals surface area contributed by atoms with Gasteiger partial charge in [-0.05, 0) is 39.2 Å². The third-order valence-electron chi connectivity index (χ3n) is 4.50. The Morgan fingerprint density at radius 2 is 2.24 bits per heavy atom. The molecule has 2 aliphatic rings. The highest BCUT2D eigenvalue weighted by molar-refractivity contribution is 5.67. The molecule has 2 aliphatic heterocycles. The van der Waals surface area contributed by atoms with Gasteiger partial charge in [0, 0.05) is 31.4 Å². The molecule has 6 nitrogen and oxygen atoms in total. The highest BCUT2D eigenvalue weighted by Gasteiger charge is 2.28. The number of carbonyl (C=O) groups excluding carboxylic acids is 1. The number of hydrogen-bond donors (Lipinski definition) is 1. The van der Waals surface area contributed by atoms with Gasteiger partial charge in [-0.1, -0.05) is 0 Å². The summed E-state index contributed by atoms with van der Waals surface area (Å²) in [5.74, 6) is 0. The van der Waals surface area contributed by atoms with Gasteiger partial charge in [-0.2, -0.15) is 0 Å². The van der Waals surface area contributed by atoms with Crippen molar-refractivity contribution in [3.05, 3.63) is 18.2 Å². The average Bonchev–Trinajstić information content (AvgIpc) is 3.18. The van der Waals surface area contributed by atoms with Crippen molar-refractivity contribution in [2.75, 3.05) is 26.2 Å². The smallest absolute Gasteiger partial charge is 0.409 e. The molecule has 6 heteroatoms. The molecule has 0 bridgehead atoms. The van der Waals surface area contributed by atoms with Gasteiger partial charge < -0.3 is 19.5 Å². The lowest BCUT2D eigenvalue weighted by Crippen LogP contribution is -2.39. The summed E-state index contributed by atoms with van der Waals surface area (Å²) < 4.78 is 7.38. The van der Waals surface area contributed by atoms with Crippen molar-refractivity contribution in [2.45, 2.75) is 44.7 Å². The summed E-state index contributed by atoms with van der Waals surface area (Å²) >= 11 is 0. The first-order valence-corrected chi connectivity index (χ1v) is 7.96. The monoisotopic (exact) mass is 292 g/mol. The van der Waals surface area contributed by atoms with Crippen LogP contribution in [0.1, 0.15) is 50.4 Å². The summed E-state index contributed by atoms with van der Waals surface area (Å²) in [4.78, 5) is 17.9. The molecule has 3 rings (SSSR count). The molecular weight excluding hydrogens is 268 g/mol. The number of likely N-dealkylation sites (tertiary alicyclic amines) is 1. The van der Waals surface area contributed by atoms with Gasteiger partial charge in [-0.3, -0.25) is 0 Å². The van der Waals surface area contributed by atoms with E-state index < -0.39 is 0 Å². The Morgan fingerprint density at radius 1 is 1.43 bits per heavy atom. The minimum atomic E-state index is -0.181. The SMILES string of the molecule is CCOC(=O)N1CCC(n2cncc2[C@@H]2CCCN2)CC1. The molecule has 0 unspecified atom stereocenters. The molecular formula is C15H24N4O2. The summed E-state index contributed by atoms with van der Waals surface area (Å²) in [6.45, 7) is 4.91. The molecule has 3 heterocycles. The first-order chi connectivity index (χ1) is 10.3. The molecule has 1 N–H and O–H groups in total. The van der Waals surface area contributed by atoms with Crippen LogP contribution >= 0.6 is 0 Å². The lowest BCUT2D eigenvalue weighted by Gasteiger charge is -2.33. The second-order valence-corrected chi connectivity index (χ2v) is 5.79. The van der Waals surface area contributed by atoms with E-state index in [-0.39, 0.29) is 6.09 Å². The highest BCUT2D eigenvalue weighted by Crippen LogP contribution is 2.29. The van der Waals surface area contributed by atoms with Crippen LogP contribution in [-0.4, -0.2) is 46.8 Å². The molecule has 2 saturated heterocycles. The maximum absolute atomic E-state index is 11.7. The van der Waals surface area contributed by atoms with Crippen LogP contribution in [0.25, 0.3) is 0 Å². The van der Waals surface area contributed by atoms with Crippen molar-refractivity contribution in [1.29, 1.82) is 0 Å². The van der Waals surface area contributed by atoms with Gasteiger partial charge in [0.25, 0.3) is 0 Å². The Labute approximate surface area is 125 Å². The molecule has 1 amide bonds. The van der Waals surface area contributed by atoms with Crippen LogP contribution in [0.4, 0.5) is 4.79 Å². The molecule has 0 radical (unpaired) electrons. The number of piperidine rings is 1. The molecule has 0 aliphatic carbocycles. The van der Waals surface area contributed by atoms with Gasteiger partial charge in [0.1, 0.15) is 0 Å². The molecule has 2 fully saturated rings. The number of ether oxygens (including phenoxy) is 1. The number of hydrogen-bond acceptors (Lipinski definition) is 4. The zero-order valence-electron chi connectivity index (χ0n) is 12.6. The number of imidazole rings is 1. The summed E-state index contributed by atoms with van der Waals surface area (Å²) in [5.41, 5.74) is 1.29. The van der Waals surface area contributed by atoms with E-state index in [1.54, 1.807) is 0 Å². The average molecular weight is 292 g/mol. The molecule has 0 spiro atoms. The van der Waals surface area contributed by atoms with E-state index in [1.165, 1.54) is 18.5 Å². The fourth-order valence-corrected chi connectivity index (χ4v) is 3.37. The number of nitrogens with one attached hydrogen (secondary N) is 1. The Bertz CT molecular complexity index is 474. The molecule has 116 valence electrons. The molecule has 1 aromatic rings. The van der Waals surface area contributed by atoms with E-state index in [1.807, 2.05) is 24.3 Å². The zero-order chi connectivity index (χ0) is 14.7. The van der Waals surface area contributed by atoms with Crippen LogP contribution in [0.5, 0.6) is 0 Å². The second-order valence-electron chi connectivity index (χ2n) is 5.79. The summed E-state index contributed by atoms with van der Waals surface area (Å²) in [5, 5.41) is 3.54. The Morgan fingerprint density at radius 3 is 2.90 bits per heavy atom. The molecule has 0 aromatic carbocycles. The van der Waals surface area contributed by atoms with Crippen LogP contribution in [0.2, 0.25) is 0 Å². The van der Waals surface area contributed by atoms with Crippen LogP contribution in [0, 0.1) is 0 Å². The van der Waals surface area contributed by atoms with Crippen LogP contribution in [0.15, 0.2) is 12.5 Å². The Kier molecular flexibility index (Phi) is 4.43. The minimum absolute atomic E-state index is 0.181. The maximum atomic E-state index is 11.7. The molecule has 1 atom stereocenters. The third-order valence-corrected chi connectivity index (χ3v) is 4.50. The number of rotatable bonds is 3. The third kappa shape index (κ3) is 3.05. The largest absolute Gasteiger partial charge is 0.450 e. The summed E-state index contributed by atoms with van der Waals surface area (Å²) in [6, 6.07) is 0.881. The van der Waals surface area contributed by atoms with Crippen molar-refractivity contribution in [3.63, 3.8) is 0 Å². The molecule has 1 aromatic heterocycles. The predicted molar refractivity (Wildman–Crippen MR) is 79.1 cm³/mol. The van der Waals surface area contributed by atoms with Gasteiger partial charge >= 0.3 is 6.09 Å². The Balaban J connectivity index is 1.62. The van der Waals surface area contributed by atoms with Crippen molar-refractivity contribution >= 4 is 6.09 Å². The fraction of sp³-hybridized carbons (Fsp3) is 0.733. The van der Waals surface area contributed by atoms with Crippen molar-refractivity contribution < 1.29 is 9.53 Å². The van der Waals surface area contributed by atoms with Crippen molar-refractivity contribution in [1.82, 2.24) is 19.8 Å². The lowest BCUT2D eigenvalue weighted by molar-refractivity contribution is 0.0923. The van der Waals surface area contributed by atoms with E-state index >= 15 is 0 Å². The second kappa shape index (κ2) is 6.47. The van der Waals surface area contributed by atoms with Crippen LogP contribution in [0.3, 0.4) is 0 Å². The van der Waals surface area contributed by atoms with Gasteiger partial charge in [0.05, 0.1) is 18.6 Å². The van der Waals surface area contributed by atoms with Crippen molar-refractivity contribution in [3.8, 4) is 0 Å². The Hall–Kier alpha value is -1.56. The van der Waals surface area contributed by atoms with Gasteiger partial charge in [-0.25, -0.2) is 9.78 Å². The first kappa shape index (κ1) is 14.4. The minimum Gasteiger partial charge on any atom is -0.450 e. The van der Waals surface area contributed by atoms with E-state index in [0.29, 0.717) is 18.7 Å². The van der Waals surface area contributed by atoms with Crippen LogP contribution < -0.4 is 5.32 Å². The normalized spacial score (nSPS) is 23.5. The fourth-order valence-electron chi connectivity index (χ4n) is 3.37. The summed E-state index contributed by atoms with van der Waals surface area (Å²) in [7, 11) is 0. The van der Waals surface area contributed by atoms with Gasteiger partial charge in [0.15, 0.2) is 0 Å². The first-order valence-electron chi connectivity index (χ1n) is 7.96. The van der Waals surface area contributed by atoms with E-state index in [0.717, 1.165) is 32.5 Å². The highest BCUT2D eigenvalue weighted by atomic mass is 16.6. The number of aromatic nitrogens is 2. The zero-order valence-corrected chi connectivity index (χ0v) is 12.6. The topological polar surface area (TPSA) is 59.4 Å². The lowest BCUT2D eigenvalue weighted by atomic mass is 10.0. The molecule has 0 saturated carbocycles. The predicted octanol–water partition coefficient (Wildman–Crippen LogP) is 2.10. The molecule has 21 heavy (non-hydrogen) atoms. The van der Waals surface area contributed by atoms with Gasteiger partial charge in [0.2, 0.25) is 0 Å². The van der Waals surface area contributed by atoms with Crippen molar-refractivity contribution in [2.24, 2.45) is 0 Å². The van der Waals surface area contributed by atoms with Gasteiger partial charge in [-0.15, -0.1) is 0 Å². The number of nitrogens with zero attached hydrogens (tertiary/aromatic N) is 3. The standard InChI is InChI=1S/C15H24N4O2/c1-2-21-15(20)18-8-5-12(6-9-18)19-11-16-10-14(19)13-4-3-7-17-13/h10-13,17H,2-9H2,1H3/t13-/m0/s1.